The van der Waals surface area contributed by atoms with Crippen molar-refractivity contribution in [2.24, 2.45) is 0 Å². The molecule has 0 atom stereocenters. The Balaban J connectivity index is 0.895. The molecule has 4 nitrogen and oxygen atoms in total. The highest BCUT2D eigenvalue weighted by molar-refractivity contribution is 6.26. The molecule has 4 heteroatoms. The molecule has 0 unspecified atom stereocenters. The number of para-hydroxylation sites is 3. The standard InChI is InChI=1S/C70H45N3O/c1-3-17-46(18-4-1)48-20-15-21-49(41-48)50-22-16-25-54(42-50)73-66-39-35-52(44-69(66)74-70-56-26-8-7-19-47(56)33-40-67(70)73)51-34-38-65-68(43-51)72(64-32-14-13-31-63(64)71(65)53-23-5-2-6-24-53)55-36-37-61-59-29-10-9-27-57(59)58-28-11-12-30-60(58)62(61)45-55/h1-45H. The number of ether oxygens (including phenoxy) is 1. The zero-order valence-corrected chi connectivity index (χ0v) is 40.2. The molecular formula is C70H45N3O. The van der Waals surface area contributed by atoms with Gasteiger partial charge in [0.2, 0.25) is 0 Å². The molecule has 15 rings (SSSR count). The molecule has 74 heavy (non-hydrogen) atoms. The van der Waals surface area contributed by atoms with Crippen LogP contribution in [0.15, 0.2) is 273 Å². The third-order valence-electron chi connectivity index (χ3n) is 15.1. The molecule has 0 spiro atoms. The van der Waals surface area contributed by atoms with Gasteiger partial charge in [0.25, 0.3) is 0 Å². The van der Waals surface area contributed by atoms with E-state index in [1.807, 2.05) is 0 Å². The van der Waals surface area contributed by atoms with E-state index in [2.05, 4.69) is 288 Å². The lowest BCUT2D eigenvalue weighted by Gasteiger charge is -2.40. The van der Waals surface area contributed by atoms with E-state index < -0.39 is 0 Å². The summed E-state index contributed by atoms with van der Waals surface area (Å²) in [5, 5.41) is 9.71. The molecule has 0 radical (unpaired) electrons. The minimum Gasteiger partial charge on any atom is -0.452 e. The van der Waals surface area contributed by atoms with Crippen LogP contribution in [0.25, 0.3) is 76.5 Å². The monoisotopic (exact) mass is 943 g/mol. The van der Waals surface area contributed by atoms with Gasteiger partial charge in [-0.05, 0) is 156 Å². The highest BCUT2D eigenvalue weighted by Crippen LogP contribution is 2.57. The molecule has 346 valence electrons. The maximum absolute atomic E-state index is 7.15. The van der Waals surface area contributed by atoms with E-state index in [4.69, 9.17) is 4.74 Å². The minimum atomic E-state index is 0.794. The largest absolute Gasteiger partial charge is 0.452 e. The molecule has 13 aromatic carbocycles. The van der Waals surface area contributed by atoms with Crippen molar-refractivity contribution in [3.63, 3.8) is 0 Å². The Morgan fingerprint density at radius 2 is 0.676 bits per heavy atom. The normalized spacial score (nSPS) is 12.6. The fourth-order valence-corrected chi connectivity index (χ4v) is 11.7. The first kappa shape index (κ1) is 41.8. The van der Waals surface area contributed by atoms with Crippen LogP contribution in [-0.2, 0) is 0 Å². The molecular weight excluding hydrogens is 899 g/mol. The average molecular weight is 944 g/mol. The van der Waals surface area contributed by atoms with Crippen molar-refractivity contribution in [2.75, 3.05) is 14.7 Å². The minimum absolute atomic E-state index is 0.794. The molecule has 0 saturated heterocycles. The summed E-state index contributed by atoms with van der Waals surface area (Å²) < 4.78 is 7.15. The lowest BCUT2D eigenvalue weighted by molar-refractivity contribution is 0.483. The smallest absolute Gasteiger partial charge is 0.159 e. The summed E-state index contributed by atoms with van der Waals surface area (Å²) >= 11 is 0. The van der Waals surface area contributed by atoms with Crippen LogP contribution in [0.3, 0.4) is 0 Å². The lowest BCUT2D eigenvalue weighted by Crippen LogP contribution is -2.24. The topological polar surface area (TPSA) is 19.0 Å². The number of nitrogens with zero attached hydrogens (tertiary/aromatic N) is 3. The zero-order chi connectivity index (χ0) is 48.7. The molecule has 0 aromatic heterocycles. The van der Waals surface area contributed by atoms with Gasteiger partial charge in [-0.2, -0.15) is 0 Å². The number of fused-ring (bicyclic) bond motifs is 12. The first-order valence-corrected chi connectivity index (χ1v) is 25.3. The van der Waals surface area contributed by atoms with Crippen LogP contribution >= 0.6 is 0 Å². The highest BCUT2D eigenvalue weighted by Gasteiger charge is 2.32. The Morgan fingerprint density at radius 3 is 1.41 bits per heavy atom. The number of anilines is 9. The second-order valence-corrected chi connectivity index (χ2v) is 19.3. The maximum atomic E-state index is 7.15. The summed E-state index contributed by atoms with van der Waals surface area (Å²) in [4.78, 5) is 7.22. The van der Waals surface area contributed by atoms with Gasteiger partial charge in [-0.3, -0.25) is 0 Å². The van der Waals surface area contributed by atoms with Gasteiger partial charge in [-0.25, -0.2) is 0 Å². The van der Waals surface area contributed by atoms with E-state index >= 15 is 0 Å². The molecule has 0 N–H and O–H groups in total. The third-order valence-corrected chi connectivity index (χ3v) is 15.1. The van der Waals surface area contributed by atoms with E-state index in [-0.39, 0.29) is 0 Å². The molecule has 0 saturated carbocycles. The van der Waals surface area contributed by atoms with Gasteiger partial charge in [0.05, 0.1) is 34.1 Å². The van der Waals surface area contributed by atoms with Gasteiger partial charge in [0, 0.05) is 22.4 Å². The van der Waals surface area contributed by atoms with Gasteiger partial charge in [0.1, 0.15) is 0 Å². The Kier molecular flexibility index (Phi) is 9.54. The maximum Gasteiger partial charge on any atom is 0.159 e. The fourth-order valence-electron chi connectivity index (χ4n) is 11.7. The van der Waals surface area contributed by atoms with E-state index in [1.54, 1.807) is 0 Å². The number of hydrogen-bond donors (Lipinski definition) is 0. The molecule has 13 aromatic rings. The Hall–Kier alpha value is -9.90. The van der Waals surface area contributed by atoms with Crippen molar-refractivity contribution >= 4 is 94.3 Å². The molecule has 0 fully saturated rings. The quantitative estimate of drug-likeness (QED) is 0.155. The van der Waals surface area contributed by atoms with Gasteiger partial charge >= 0.3 is 0 Å². The summed E-state index contributed by atoms with van der Waals surface area (Å²) in [5.41, 5.74) is 16.5. The van der Waals surface area contributed by atoms with Crippen LogP contribution in [0.4, 0.5) is 51.2 Å². The van der Waals surface area contributed by atoms with Gasteiger partial charge in [0.15, 0.2) is 11.5 Å². The molecule has 0 aliphatic carbocycles. The molecule has 2 aliphatic heterocycles. The lowest BCUT2D eigenvalue weighted by atomic mass is 9.93. The summed E-state index contributed by atoms with van der Waals surface area (Å²) in [7, 11) is 0. The van der Waals surface area contributed by atoms with Gasteiger partial charge < -0.3 is 19.4 Å². The molecule has 0 bridgehead atoms. The van der Waals surface area contributed by atoms with Crippen molar-refractivity contribution < 1.29 is 4.74 Å². The van der Waals surface area contributed by atoms with Crippen molar-refractivity contribution in [3.8, 4) is 44.9 Å². The van der Waals surface area contributed by atoms with Gasteiger partial charge in [-0.15, -0.1) is 0 Å². The fraction of sp³-hybridized carbons (Fsp3) is 0. The van der Waals surface area contributed by atoms with Crippen LogP contribution in [0.1, 0.15) is 0 Å². The highest BCUT2D eigenvalue weighted by atomic mass is 16.5. The van der Waals surface area contributed by atoms with Crippen LogP contribution < -0.4 is 19.4 Å². The SMILES string of the molecule is c1ccc(-c2cccc(-c3cccc(N4c5ccc(-c6ccc7c(c6)N(c6ccc8c9ccccc9c9ccccc9c8c6)c6ccccc6N7c6ccccc6)cc5Oc5c4ccc4ccccc54)c3)c2)cc1. The van der Waals surface area contributed by atoms with Crippen LogP contribution in [0, 0.1) is 0 Å². The van der Waals surface area contributed by atoms with E-state index in [0.717, 1.165) is 95.7 Å². The summed E-state index contributed by atoms with van der Waals surface area (Å²) in [6.07, 6.45) is 0. The van der Waals surface area contributed by atoms with Crippen molar-refractivity contribution in [1.82, 2.24) is 0 Å². The zero-order valence-electron chi connectivity index (χ0n) is 40.2. The van der Waals surface area contributed by atoms with E-state index in [9.17, 15) is 0 Å². The summed E-state index contributed by atoms with van der Waals surface area (Å²) in [5.74, 6) is 1.63. The first-order chi connectivity index (χ1) is 36.7. The van der Waals surface area contributed by atoms with E-state index in [0.29, 0.717) is 0 Å². The van der Waals surface area contributed by atoms with E-state index in [1.165, 1.54) is 43.4 Å². The van der Waals surface area contributed by atoms with Gasteiger partial charge in [-0.1, -0.05) is 188 Å². The second kappa shape index (κ2) is 16.9. The summed E-state index contributed by atoms with van der Waals surface area (Å²) in [6.45, 7) is 0. The first-order valence-electron chi connectivity index (χ1n) is 25.3. The third kappa shape index (κ3) is 6.69. The molecule has 0 amide bonds. The molecule has 2 aliphatic rings. The average Bonchev–Trinajstić information content (AvgIpc) is 3.48. The number of hydrogen-bond acceptors (Lipinski definition) is 4. The predicted octanol–water partition coefficient (Wildman–Crippen LogP) is 20.1. The Bertz CT molecular complexity index is 4340. The summed E-state index contributed by atoms with van der Waals surface area (Å²) in [6, 6.07) is 99.0. The Labute approximate surface area is 429 Å². The van der Waals surface area contributed by atoms with Crippen LogP contribution in [0.2, 0.25) is 0 Å². The number of benzene rings is 13. The van der Waals surface area contributed by atoms with Crippen molar-refractivity contribution in [1.29, 1.82) is 0 Å². The molecule has 2 heterocycles. The van der Waals surface area contributed by atoms with Crippen molar-refractivity contribution in [2.45, 2.75) is 0 Å². The Morgan fingerprint density at radius 1 is 0.216 bits per heavy atom. The second-order valence-electron chi connectivity index (χ2n) is 19.3. The van der Waals surface area contributed by atoms with Crippen LogP contribution in [0.5, 0.6) is 11.5 Å². The van der Waals surface area contributed by atoms with Crippen LogP contribution in [-0.4, -0.2) is 0 Å². The predicted molar refractivity (Wildman–Crippen MR) is 310 cm³/mol. The van der Waals surface area contributed by atoms with Crippen molar-refractivity contribution in [3.05, 3.63) is 273 Å². The number of rotatable bonds is 6.